The summed E-state index contributed by atoms with van der Waals surface area (Å²) in [7, 11) is -3.24. The van der Waals surface area contributed by atoms with Gasteiger partial charge in [0, 0.05) is 47.0 Å². The number of sulfone groups is 1. The van der Waals surface area contributed by atoms with Crippen molar-refractivity contribution in [2.24, 2.45) is 0 Å². The first kappa shape index (κ1) is 19.6. The van der Waals surface area contributed by atoms with Crippen LogP contribution in [0.1, 0.15) is 23.7 Å². The maximum Gasteiger partial charge on any atom is 0.175 e. The molecular formula is C21H22Cl2N2O3S. The third kappa shape index (κ3) is 3.55. The van der Waals surface area contributed by atoms with Gasteiger partial charge in [0.1, 0.15) is 11.9 Å². The molecule has 0 unspecified atom stereocenters. The Labute approximate surface area is 180 Å². The van der Waals surface area contributed by atoms with Gasteiger partial charge in [-0.05, 0) is 54.8 Å². The van der Waals surface area contributed by atoms with Crippen LogP contribution in [-0.4, -0.2) is 50.8 Å². The number of likely N-dealkylation sites (tertiary alicyclic amines) is 1. The van der Waals surface area contributed by atoms with Gasteiger partial charge in [0.2, 0.25) is 0 Å². The molecule has 2 bridgehead atoms. The molecule has 0 amide bonds. The van der Waals surface area contributed by atoms with E-state index in [1.807, 2.05) is 6.07 Å². The lowest BCUT2D eigenvalue weighted by molar-refractivity contribution is 0.0614. The highest BCUT2D eigenvalue weighted by atomic mass is 35.5. The van der Waals surface area contributed by atoms with E-state index < -0.39 is 9.84 Å². The first-order chi connectivity index (χ1) is 13.8. The summed E-state index contributed by atoms with van der Waals surface area (Å²) in [5.74, 6) is 0.638. The summed E-state index contributed by atoms with van der Waals surface area (Å²) in [5.41, 5.74) is 2.12. The van der Waals surface area contributed by atoms with Gasteiger partial charge in [-0.1, -0.05) is 23.2 Å². The molecule has 5 rings (SSSR count). The maximum absolute atomic E-state index is 11.7. The summed E-state index contributed by atoms with van der Waals surface area (Å²) < 4.78 is 29.9. The molecule has 3 aliphatic rings. The zero-order valence-corrected chi connectivity index (χ0v) is 18.3. The van der Waals surface area contributed by atoms with E-state index in [1.165, 1.54) is 6.26 Å². The lowest BCUT2D eigenvalue weighted by atomic mass is 10.1. The maximum atomic E-state index is 11.7. The van der Waals surface area contributed by atoms with Crippen molar-refractivity contribution >= 4 is 33.0 Å². The minimum absolute atomic E-state index is 0.174. The number of fused-ring (bicyclic) bond motifs is 3. The lowest BCUT2D eigenvalue weighted by Gasteiger charge is -2.36. The van der Waals surface area contributed by atoms with E-state index >= 15 is 0 Å². The molecule has 5 nitrogen and oxygen atoms in total. The smallest absolute Gasteiger partial charge is 0.175 e. The summed E-state index contributed by atoms with van der Waals surface area (Å²) in [6.45, 7) is 2.00. The van der Waals surface area contributed by atoms with Crippen LogP contribution in [-0.2, 0) is 16.3 Å². The molecule has 154 valence electrons. The molecule has 2 aromatic rings. The molecule has 1 aliphatic carbocycles. The average molecular weight is 453 g/mol. The third-order valence-electron chi connectivity index (χ3n) is 6.30. The molecule has 0 spiro atoms. The summed E-state index contributed by atoms with van der Waals surface area (Å²) in [4.78, 5) is 2.82. The fourth-order valence-corrected chi connectivity index (χ4v) is 6.18. The SMILES string of the molecule is CS(=O)(=O)c1ccc(O[C@H]2c3cc(Cl)cc(Cl)c3C[C@H]2N2C[C@H]3C[C@H]2CN3)cc1. The Hall–Kier alpha value is -1.31. The van der Waals surface area contributed by atoms with Crippen LogP contribution in [0.3, 0.4) is 0 Å². The number of nitrogens with zero attached hydrogens (tertiary/aromatic N) is 1. The van der Waals surface area contributed by atoms with Gasteiger partial charge in [0.15, 0.2) is 9.84 Å². The Morgan fingerprint density at radius 1 is 1.17 bits per heavy atom. The number of hydrogen-bond acceptors (Lipinski definition) is 5. The second kappa shape index (κ2) is 7.13. The Balaban J connectivity index is 1.49. The molecule has 0 radical (unpaired) electrons. The standard InChI is InChI=1S/C21H22Cl2N2O3S/c1-29(26,27)16-4-2-15(3-5-16)28-21-18-6-12(22)7-19(23)17(18)9-20(21)25-11-13-8-14(25)10-24-13/h2-7,13-14,20-21,24H,8-11H2,1H3/t13-,14+,20-,21+/m1/s1. The number of rotatable bonds is 4. The molecule has 8 heteroatoms. The second-order valence-electron chi connectivity index (χ2n) is 8.20. The van der Waals surface area contributed by atoms with Crippen molar-refractivity contribution in [3.8, 4) is 5.75 Å². The number of ether oxygens (including phenoxy) is 1. The van der Waals surface area contributed by atoms with Gasteiger partial charge in [-0.15, -0.1) is 0 Å². The van der Waals surface area contributed by atoms with Crippen LogP contribution in [0.15, 0.2) is 41.3 Å². The summed E-state index contributed by atoms with van der Waals surface area (Å²) in [6.07, 6.45) is 2.98. The van der Waals surface area contributed by atoms with Gasteiger partial charge < -0.3 is 10.1 Å². The van der Waals surface area contributed by atoms with Gasteiger partial charge in [-0.25, -0.2) is 8.42 Å². The van der Waals surface area contributed by atoms with E-state index in [9.17, 15) is 8.42 Å². The van der Waals surface area contributed by atoms with Crippen LogP contribution in [0.2, 0.25) is 10.0 Å². The minimum atomic E-state index is -3.24. The molecule has 1 N–H and O–H groups in total. The van der Waals surface area contributed by atoms with Gasteiger partial charge in [0.05, 0.1) is 10.9 Å². The lowest BCUT2D eigenvalue weighted by Crippen LogP contribution is -2.50. The Morgan fingerprint density at radius 3 is 2.55 bits per heavy atom. The van der Waals surface area contributed by atoms with Crippen LogP contribution < -0.4 is 10.1 Å². The Kier molecular flexibility index (Phi) is 4.83. The normalized spacial score (nSPS) is 28.7. The molecule has 2 saturated heterocycles. The third-order valence-corrected chi connectivity index (χ3v) is 7.99. The van der Waals surface area contributed by atoms with E-state index in [2.05, 4.69) is 10.2 Å². The van der Waals surface area contributed by atoms with E-state index in [0.717, 1.165) is 37.1 Å². The fourth-order valence-electron chi connectivity index (χ4n) is 4.96. The first-order valence-electron chi connectivity index (χ1n) is 9.73. The Bertz CT molecular complexity index is 1060. The highest BCUT2D eigenvalue weighted by Gasteiger charge is 2.47. The average Bonchev–Trinajstić information content (AvgIpc) is 3.36. The van der Waals surface area contributed by atoms with Gasteiger partial charge in [-0.2, -0.15) is 0 Å². The van der Waals surface area contributed by atoms with E-state index in [4.69, 9.17) is 27.9 Å². The number of benzene rings is 2. The zero-order chi connectivity index (χ0) is 20.3. The summed E-state index contributed by atoms with van der Waals surface area (Å²) in [5, 5.41) is 4.83. The van der Waals surface area contributed by atoms with Crippen molar-refractivity contribution < 1.29 is 13.2 Å². The van der Waals surface area contributed by atoms with E-state index in [-0.39, 0.29) is 17.0 Å². The number of halogens is 2. The highest BCUT2D eigenvalue weighted by Crippen LogP contribution is 2.44. The quantitative estimate of drug-likeness (QED) is 0.768. The van der Waals surface area contributed by atoms with Crippen LogP contribution in [0.5, 0.6) is 5.75 Å². The van der Waals surface area contributed by atoms with Crippen molar-refractivity contribution in [3.05, 3.63) is 57.6 Å². The molecule has 0 aromatic heterocycles. The zero-order valence-electron chi connectivity index (χ0n) is 15.9. The molecule has 29 heavy (non-hydrogen) atoms. The van der Waals surface area contributed by atoms with Crippen LogP contribution in [0, 0.1) is 0 Å². The molecule has 2 aliphatic heterocycles. The van der Waals surface area contributed by atoms with E-state index in [1.54, 1.807) is 30.3 Å². The largest absolute Gasteiger partial charge is 0.484 e. The molecule has 4 atom stereocenters. The van der Waals surface area contributed by atoms with Crippen LogP contribution in [0.25, 0.3) is 0 Å². The summed E-state index contributed by atoms with van der Waals surface area (Å²) in [6, 6.07) is 11.6. The monoisotopic (exact) mass is 452 g/mol. The predicted octanol–water partition coefficient (Wildman–Crippen LogP) is 3.49. The van der Waals surface area contributed by atoms with Crippen LogP contribution in [0.4, 0.5) is 0 Å². The van der Waals surface area contributed by atoms with Gasteiger partial charge in [-0.3, -0.25) is 4.90 Å². The number of hydrogen-bond donors (Lipinski definition) is 1. The molecular weight excluding hydrogens is 431 g/mol. The predicted molar refractivity (Wildman–Crippen MR) is 114 cm³/mol. The number of piperazine rings is 1. The minimum Gasteiger partial charge on any atom is -0.484 e. The van der Waals surface area contributed by atoms with E-state index in [0.29, 0.717) is 27.9 Å². The van der Waals surface area contributed by atoms with Crippen LogP contribution >= 0.6 is 23.2 Å². The fraction of sp³-hybridized carbons (Fsp3) is 0.429. The van der Waals surface area contributed by atoms with Crippen molar-refractivity contribution in [1.29, 1.82) is 0 Å². The highest BCUT2D eigenvalue weighted by molar-refractivity contribution is 7.90. The van der Waals surface area contributed by atoms with Gasteiger partial charge in [0.25, 0.3) is 0 Å². The molecule has 2 heterocycles. The molecule has 0 saturated carbocycles. The van der Waals surface area contributed by atoms with Crippen molar-refractivity contribution in [1.82, 2.24) is 10.2 Å². The molecule has 2 aromatic carbocycles. The van der Waals surface area contributed by atoms with Crippen molar-refractivity contribution in [3.63, 3.8) is 0 Å². The van der Waals surface area contributed by atoms with Crippen molar-refractivity contribution in [2.45, 2.75) is 42.0 Å². The first-order valence-corrected chi connectivity index (χ1v) is 12.4. The van der Waals surface area contributed by atoms with Crippen molar-refractivity contribution in [2.75, 3.05) is 19.3 Å². The number of nitrogens with one attached hydrogen (secondary N) is 1. The van der Waals surface area contributed by atoms with Gasteiger partial charge >= 0.3 is 0 Å². The Morgan fingerprint density at radius 2 is 1.93 bits per heavy atom. The molecule has 2 fully saturated rings. The summed E-state index contributed by atoms with van der Waals surface area (Å²) >= 11 is 12.8. The topological polar surface area (TPSA) is 58.6 Å². The second-order valence-corrected chi connectivity index (χ2v) is 11.1.